The molecule has 0 saturated carbocycles. The molecular formula is C11H22IN5O2. The monoisotopic (exact) mass is 383 g/mol. The minimum Gasteiger partial charge on any atom is -0.380 e. The van der Waals surface area contributed by atoms with Gasteiger partial charge < -0.3 is 19.9 Å². The van der Waals surface area contributed by atoms with Gasteiger partial charge in [0, 0.05) is 33.2 Å². The summed E-state index contributed by atoms with van der Waals surface area (Å²) in [7, 11) is 1.73. The highest BCUT2D eigenvalue weighted by Gasteiger charge is 2.02. The number of ether oxygens (including phenoxy) is 1. The molecule has 110 valence electrons. The van der Waals surface area contributed by atoms with Crippen molar-refractivity contribution in [2.45, 2.75) is 20.3 Å². The van der Waals surface area contributed by atoms with E-state index in [0.29, 0.717) is 31.3 Å². The van der Waals surface area contributed by atoms with Gasteiger partial charge in [-0.3, -0.25) is 4.99 Å². The van der Waals surface area contributed by atoms with E-state index >= 15 is 0 Å². The smallest absolute Gasteiger partial charge is 0.228 e. The Bertz CT molecular complexity index is 370. The fourth-order valence-electron chi connectivity index (χ4n) is 1.34. The quantitative estimate of drug-likeness (QED) is 0.313. The average molecular weight is 383 g/mol. The van der Waals surface area contributed by atoms with Crippen molar-refractivity contribution < 1.29 is 9.26 Å². The molecule has 0 unspecified atom stereocenters. The van der Waals surface area contributed by atoms with Crippen LogP contribution in [-0.2, 0) is 11.2 Å². The third-order valence-corrected chi connectivity index (χ3v) is 2.17. The Kier molecular flexibility index (Phi) is 10.5. The van der Waals surface area contributed by atoms with Crippen molar-refractivity contribution >= 4 is 29.9 Å². The number of halogens is 1. The molecule has 0 aromatic carbocycles. The molecule has 1 aromatic heterocycles. The average Bonchev–Trinajstić information content (AvgIpc) is 2.78. The lowest BCUT2D eigenvalue weighted by Crippen LogP contribution is -2.39. The van der Waals surface area contributed by atoms with Crippen LogP contribution in [0.1, 0.15) is 18.6 Å². The van der Waals surface area contributed by atoms with Crippen molar-refractivity contribution in [3.63, 3.8) is 0 Å². The molecule has 8 heteroatoms. The molecule has 0 amide bonds. The molecule has 0 spiro atoms. The van der Waals surface area contributed by atoms with E-state index in [1.165, 1.54) is 0 Å². The summed E-state index contributed by atoms with van der Waals surface area (Å²) in [5.74, 6) is 2.03. The normalized spacial score (nSPS) is 11.0. The number of hydrogen-bond donors (Lipinski definition) is 2. The summed E-state index contributed by atoms with van der Waals surface area (Å²) in [6, 6.07) is 0. The van der Waals surface area contributed by atoms with Gasteiger partial charge in [0.1, 0.15) is 0 Å². The first kappa shape index (κ1) is 18.1. The first-order chi connectivity index (χ1) is 8.76. The number of nitrogens with zero attached hydrogens (tertiary/aromatic N) is 3. The van der Waals surface area contributed by atoms with Gasteiger partial charge in [0.2, 0.25) is 5.89 Å². The second-order valence-corrected chi connectivity index (χ2v) is 3.61. The standard InChI is InChI=1S/C11H21N5O2.HI/c1-4-17-8-7-14-11(12-3)13-6-5-10-15-9(2)16-18-10;/h4-8H2,1-3H3,(H2,12,13,14);1H. The largest absolute Gasteiger partial charge is 0.380 e. The van der Waals surface area contributed by atoms with Crippen LogP contribution in [0.5, 0.6) is 0 Å². The summed E-state index contributed by atoms with van der Waals surface area (Å²) < 4.78 is 10.2. The highest BCUT2D eigenvalue weighted by molar-refractivity contribution is 14.0. The molecule has 0 fully saturated rings. The maximum atomic E-state index is 5.23. The molecule has 0 aliphatic heterocycles. The van der Waals surface area contributed by atoms with Gasteiger partial charge in [-0.1, -0.05) is 5.16 Å². The molecule has 0 atom stereocenters. The zero-order chi connectivity index (χ0) is 13.2. The number of rotatable bonds is 7. The minimum atomic E-state index is 0. The first-order valence-electron chi connectivity index (χ1n) is 6.07. The van der Waals surface area contributed by atoms with E-state index in [1.54, 1.807) is 14.0 Å². The van der Waals surface area contributed by atoms with Gasteiger partial charge >= 0.3 is 0 Å². The molecule has 1 aromatic rings. The minimum absolute atomic E-state index is 0. The molecule has 0 bridgehead atoms. The summed E-state index contributed by atoms with van der Waals surface area (Å²) in [5, 5.41) is 10.0. The van der Waals surface area contributed by atoms with Crippen LogP contribution in [0.2, 0.25) is 0 Å². The van der Waals surface area contributed by atoms with Crippen LogP contribution in [0.4, 0.5) is 0 Å². The van der Waals surface area contributed by atoms with E-state index < -0.39 is 0 Å². The van der Waals surface area contributed by atoms with E-state index in [0.717, 1.165) is 19.1 Å². The van der Waals surface area contributed by atoms with Crippen LogP contribution < -0.4 is 10.6 Å². The lowest BCUT2D eigenvalue weighted by Gasteiger charge is -2.10. The first-order valence-corrected chi connectivity index (χ1v) is 6.07. The zero-order valence-corrected chi connectivity index (χ0v) is 13.9. The fraction of sp³-hybridized carbons (Fsp3) is 0.727. The van der Waals surface area contributed by atoms with Crippen molar-refractivity contribution in [1.29, 1.82) is 0 Å². The second kappa shape index (κ2) is 11.0. The summed E-state index contributed by atoms with van der Waals surface area (Å²) in [4.78, 5) is 8.22. The number of guanidine groups is 1. The lowest BCUT2D eigenvalue weighted by atomic mass is 10.4. The van der Waals surface area contributed by atoms with Crippen molar-refractivity contribution in [2.24, 2.45) is 4.99 Å². The highest BCUT2D eigenvalue weighted by atomic mass is 127. The van der Waals surface area contributed by atoms with Gasteiger partial charge in [0.05, 0.1) is 6.61 Å². The maximum absolute atomic E-state index is 5.23. The number of aryl methyl sites for hydroxylation is 1. The van der Waals surface area contributed by atoms with E-state index in [2.05, 4.69) is 25.8 Å². The van der Waals surface area contributed by atoms with Gasteiger partial charge in [-0.2, -0.15) is 4.98 Å². The Morgan fingerprint density at radius 1 is 1.37 bits per heavy atom. The van der Waals surface area contributed by atoms with Gasteiger partial charge in [0.15, 0.2) is 11.8 Å². The summed E-state index contributed by atoms with van der Waals surface area (Å²) in [6.07, 6.45) is 0.674. The third-order valence-electron chi connectivity index (χ3n) is 2.17. The van der Waals surface area contributed by atoms with E-state index in [4.69, 9.17) is 9.26 Å². The van der Waals surface area contributed by atoms with E-state index in [-0.39, 0.29) is 24.0 Å². The Morgan fingerprint density at radius 3 is 2.68 bits per heavy atom. The van der Waals surface area contributed by atoms with Crippen molar-refractivity contribution in [3.8, 4) is 0 Å². The number of nitrogens with one attached hydrogen (secondary N) is 2. The Labute approximate surface area is 130 Å². The predicted octanol–water partition coefficient (Wildman–Crippen LogP) is 0.740. The van der Waals surface area contributed by atoms with Crippen LogP contribution in [0, 0.1) is 6.92 Å². The lowest BCUT2D eigenvalue weighted by molar-refractivity contribution is 0.152. The predicted molar refractivity (Wildman–Crippen MR) is 84.0 cm³/mol. The summed E-state index contributed by atoms with van der Waals surface area (Å²) >= 11 is 0. The van der Waals surface area contributed by atoms with E-state index in [1.807, 2.05) is 6.92 Å². The second-order valence-electron chi connectivity index (χ2n) is 3.61. The third kappa shape index (κ3) is 7.98. The molecule has 0 aliphatic carbocycles. The Morgan fingerprint density at radius 2 is 2.11 bits per heavy atom. The topological polar surface area (TPSA) is 84.6 Å². The molecule has 0 aliphatic rings. The van der Waals surface area contributed by atoms with Gasteiger partial charge in [-0.15, -0.1) is 24.0 Å². The maximum Gasteiger partial charge on any atom is 0.228 e. The molecule has 7 nitrogen and oxygen atoms in total. The van der Waals surface area contributed by atoms with E-state index in [9.17, 15) is 0 Å². The molecular weight excluding hydrogens is 361 g/mol. The SMILES string of the molecule is CCOCCNC(=NC)NCCc1nc(C)no1.I. The van der Waals surface area contributed by atoms with Crippen molar-refractivity contribution in [1.82, 2.24) is 20.8 Å². The fourth-order valence-corrected chi connectivity index (χ4v) is 1.34. The number of aliphatic imine (C=N–C) groups is 1. The van der Waals surface area contributed by atoms with Crippen molar-refractivity contribution in [3.05, 3.63) is 11.7 Å². The molecule has 1 heterocycles. The van der Waals surface area contributed by atoms with Crippen LogP contribution in [-0.4, -0.2) is 49.5 Å². The van der Waals surface area contributed by atoms with Gasteiger partial charge in [-0.05, 0) is 13.8 Å². The van der Waals surface area contributed by atoms with Crippen LogP contribution >= 0.6 is 24.0 Å². The Hall–Kier alpha value is -0.900. The molecule has 0 saturated heterocycles. The number of hydrogen-bond acceptors (Lipinski definition) is 5. The highest BCUT2D eigenvalue weighted by Crippen LogP contribution is 1.95. The molecule has 19 heavy (non-hydrogen) atoms. The van der Waals surface area contributed by atoms with Crippen LogP contribution in [0.15, 0.2) is 9.52 Å². The molecule has 2 N–H and O–H groups in total. The summed E-state index contributed by atoms with van der Waals surface area (Å²) in [6.45, 7) is 6.58. The van der Waals surface area contributed by atoms with Gasteiger partial charge in [-0.25, -0.2) is 0 Å². The van der Waals surface area contributed by atoms with Gasteiger partial charge in [0.25, 0.3) is 0 Å². The molecule has 1 rings (SSSR count). The van der Waals surface area contributed by atoms with Crippen LogP contribution in [0.25, 0.3) is 0 Å². The Balaban J connectivity index is 0.00000324. The summed E-state index contributed by atoms with van der Waals surface area (Å²) in [5.41, 5.74) is 0. The molecule has 0 radical (unpaired) electrons. The van der Waals surface area contributed by atoms with Crippen molar-refractivity contribution in [2.75, 3.05) is 33.4 Å². The number of aromatic nitrogens is 2. The van der Waals surface area contributed by atoms with Crippen LogP contribution in [0.3, 0.4) is 0 Å². The zero-order valence-electron chi connectivity index (χ0n) is 11.6.